The van der Waals surface area contributed by atoms with Gasteiger partial charge in [0.15, 0.2) is 0 Å². The van der Waals surface area contributed by atoms with Crippen molar-refractivity contribution >= 4 is 0 Å². The maximum absolute atomic E-state index is 5.54. The zero-order valence-corrected chi connectivity index (χ0v) is 16.6. The third-order valence-electron chi connectivity index (χ3n) is 5.19. The van der Waals surface area contributed by atoms with Crippen LogP contribution in [0.1, 0.15) is 30.2 Å². The van der Waals surface area contributed by atoms with E-state index in [1.54, 1.807) is 7.11 Å². The number of nitrogens with zero attached hydrogens (tertiary/aromatic N) is 3. The van der Waals surface area contributed by atoms with Crippen LogP contribution in [0.5, 0.6) is 11.5 Å². The molecule has 0 fully saturated rings. The van der Waals surface area contributed by atoms with Crippen molar-refractivity contribution in [2.45, 2.75) is 32.9 Å². The van der Waals surface area contributed by atoms with Crippen molar-refractivity contribution in [2.24, 2.45) is 0 Å². The van der Waals surface area contributed by atoms with Crippen molar-refractivity contribution in [3.05, 3.63) is 71.5 Å². The predicted octanol–water partition coefficient (Wildman–Crippen LogP) is 4.23. The zero-order valence-electron chi connectivity index (χ0n) is 16.6. The zero-order chi connectivity index (χ0) is 19.3. The molecule has 28 heavy (non-hydrogen) atoms. The molecule has 146 valence electrons. The molecule has 0 spiro atoms. The average molecular weight is 377 g/mol. The molecule has 3 aromatic rings. The number of hydrogen-bond acceptors (Lipinski definition) is 4. The van der Waals surface area contributed by atoms with Crippen LogP contribution >= 0.6 is 0 Å². The van der Waals surface area contributed by atoms with Gasteiger partial charge < -0.3 is 9.47 Å². The Hall–Kier alpha value is -2.79. The summed E-state index contributed by atoms with van der Waals surface area (Å²) in [6.45, 7) is 5.67. The second-order valence-corrected chi connectivity index (χ2v) is 7.12. The van der Waals surface area contributed by atoms with Gasteiger partial charge >= 0.3 is 0 Å². The molecule has 0 unspecified atom stereocenters. The molecule has 1 aromatic heterocycles. The average Bonchev–Trinajstić information content (AvgIpc) is 3.01. The maximum atomic E-state index is 5.54. The largest absolute Gasteiger partial charge is 0.497 e. The van der Waals surface area contributed by atoms with Crippen molar-refractivity contribution in [3.8, 4) is 17.2 Å². The van der Waals surface area contributed by atoms with Gasteiger partial charge in [-0.15, -0.1) is 0 Å². The summed E-state index contributed by atoms with van der Waals surface area (Å²) in [5.74, 6) is 1.80. The van der Waals surface area contributed by atoms with Crippen LogP contribution in [0.4, 0.5) is 0 Å². The van der Waals surface area contributed by atoms with Crippen molar-refractivity contribution in [2.75, 3.05) is 20.3 Å². The lowest BCUT2D eigenvalue weighted by molar-refractivity contribution is 0.260. The fourth-order valence-electron chi connectivity index (χ4n) is 3.79. The summed E-state index contributed by atoms with van der Waals surface area (Å²) in [5.41, 5.74) is 5.04. The topological polar surface area (TPSA) is 39.5 Å². The van der Waals surface area contributed by atoms with E-state index < -0.39 is 0 Å². The van der Waals surface area contributed by atoms with Gasteiger partial charge in [-0.2, -0.15) is 5.10 Å². The van der Waals surface area contributed by atoms with Gasteiger partial charge in [0.2, 0.25) is 0 Å². The van der Waals surface area contributed by atoms with E-state index >= 15 is 0 Å². The molecule has 0 amide bonds. The van der Waals surface area contributed by atoms with Crippen LogP contribution in [-0.4, -0.2) is 34.9 Å². The van der Waals surface area contributed by atoms with Crippen LogP contribution in [0.15, 0.2) is 54.7 Å². The van der Waals surface area contributed by atoms with Gasteiger partial charge in [0.05, 0.1) is 25.6 Å². The molecule has 0 saturated heterocycles. The Labute approximate surface area is 166 Å². The van der Waals surface area contributed by atoms with Crippen LogP contribution < -0.4 is 9.47 Å². The summed E-state index contributed by atoms with van der Waals surface area (Å²) >= 11 is 0. The molecule has 0 saturated carbocycles. The van der Waals surface area contributed by atoms with Gasteiger partial charge in [0.25, 0.3) is 0 Å². The van der Waals surface area contributed by atoms with E-state index in [0.717, 1.165) is 49.7 Å². The van der Waals surface area contributed by atoms with E-state index in [4.69, 9.17) is 9.47 Å². The Balaban J connectivity index is 1.48. The normalized spacial score (nSPS) is 14.4. The van der Waals surface area contributed by atoms with Crippen molar-refractivity contribution in [1.29, 1.82) is 0 Å². The summed E-state index contributed by atoms with van der Waals surface area (Å²) in [4.78, 5) is 2.50. The highest BCUT2D eigenvalue weighted by Gasteiger charge is 2.19. The predicted molar refractivity (Wildman–Crippen MR) is 110 cm³/mol. The molecule has 1 aliphatic heterocycles. The quantitative estimate of drug-likeness (QED) is 0.645. The standard InChI is InChI=1S/C23H27N3O2/c1-3-28-22-10-6-18(7-11-22)16-25-14-4-5-23-19(17-25)15-24-26(23)20-8-12-21(27-2)13-9-20/h6-13,15H,3-5,14,16-17H2,1-2H3. The number of fused-ring (bicyclic) bond motifs is 1. The number of ether oxygens (including phenoxy) is 2. The van der Waals surface area contributed by atoms with E-state index in [1.807, 2.05) is 25.3 Å². The van der Waals surface area contributed by atoms with Gasteiger partial charge in [-0.1, -0.05) is 12.1 Å². The molecule has 4 rings (SSSR count). The van der Waals surface area contributed by atoms with E-state index in [2.05, 4.69) is 51.1 Å². The van der Waals surface area contributed by atoms with Gasteiger partial charge in [-0.25, -0.2) is 4.68 Å². The first kappa shape index (κ1) is 18.6. The fraction of sp³-hybridized carbons (Fsp3) is 0.348. The van der Waals surface area contributed by atoms with Gasteiger partial charge in [0, 0.05) is 24.3 Å². The van der Waals surface area contributed by atoms with Crippen LogP contribution in [0, 0.1) is 0 Å². The van der Waals surface area contributed by atoms with E-state index in [0.29, 0.717) is 6.61 Å². The minimum atomic E-state index is 0.701. The first-order chi connectivity index (χ1) is 13.8. The highest BCUT2D eigenvalue weighted by molar-refractivity contribution is 5.39. The van der Waals surface area contributed by atoms with Gasteiger partial charge in [-0.05, 0) is 68.3 Å². The molecule has 0 N–H and O–H groups in total. The highest BCUT2D eigenvalue weighted by atomic mass is 16.5. The molecular weight excluding hydrogens is 350 g/mol. The van der Waals surface area contributed by atoms with Crippen molar-refractivity contribution in [3.63, 3.8) is 0 Å². The van der Waals surface area contributed by atoms with Crippen LogP contribution in [0.25, 0.3) is 5.69 Å². The molecule has 0 atom stereocenters. The molecule has 5 heteroatoms. The maximum Gasteiger partial charge on any atom is 0.119 e. The first-order valence-corrected chi connectivity index (χ1v) is 9.91. The Bertz CT molecular complexity index is 901. The number of benzene rings is 2. The Morgan fingerprint density at radius 1 is 1.00 bits per heavy atom. The lowest BCUT2D eigenvalue weighted by Crippen LogP contribution is -2.22. The van der Waals surface area contributed by atoms with Gasteiger partial charge in [0.1, 0.15) is 11.5 Å². The summed E-state index contributed by atoms with van der Waals surface area (Å²) in [5, 5.41) is 4.67. The van der Waals surface area contributed by atoms with E-state index in [9.17, 15) is 0 Å². The third kappa shape index (κ3) is 4.04. The monoisotopic (exact) mass is 377 g/mol. The lowest BCUT2D eigenvalue weighted by atomic mass is 10.1. The molecule has 2 heterocycles. The first-order valence-electron chi connectivity index (χ1n) is 9.91. The van der Waals surface area contributed by atoms with E-state index in [1.165, 1.54) is 16.8 Å². The third-order valence-corrected chi connectivity index (χ3v) is 5.19. The number of rotatable bonds is 6. The SMILES string of the molecule is CCOc1ccc(CN2CCCc3c(cnn3-c3ccc(OC)cc3)C2)cc1. The summed E-state index contributed by atoms with van der Waals surface area (Å²) in [6, 6.07) is 16.5. The smallest absolute Gasteiger partial charge is 0.119 e. The molecule has 0 aliphatic carbocycles. The Kier molecular flexibility index (Phi) is 5.63. The minimum absolute atomic E-state index is 0.701. The van der Waals surface area contributed by atoms with Gasteiger partial charge in [-0.3, -0.25) is 4.90 Å². The van der Waals surface area contributed by atoms with E-state index in [-0.39, 0.29) is 0 Å². The Morgan fingerprint density at radius 3 is 2.46 bits per heavy atom. The number of hydrogen-bond donors (Lipinski definition) is 0. The summed E-state index contributed by atoms with van der Waals surface area (Å²) in [7, 11) is 1.69. The number of methoxy groups -OCH3 is 1. The molecule has 1 aliphatic rings. The minimum Gasteiger partial charge on any atom is -0.497 e. The van der Waals surface area contributed by atoms with Crippen LogP contribution in [-0.2, 0) is 19.5 Å². The molecule has 2 aromatic carbocycles. The van der Waals surface area contributed by atoms with Crippen molar-refractivity contribution < 1.29 is 9.47 Å². The Morgan fingerprint density at radius 2 is 1.75 bits per heavy atom. The lowest BCUT2D eigenvalue weighted by Gasteiger charge is -2.20. The van der Waals surface area contributed by atoms with Crippen molar-refractivity contribution in [1.82, 2.24) is 14.7 Å². The molecular formula is C23H27N3O2. The highest BCUT2D eigenvalue weighted by Crippen LogP contribution is 2.24. The van der Waals surface area contributed by atoms with Crippen LogP contribution in [0.2, 0.25) is 0 Å². The summed E-state index contributed by atoms with van der Waals surface area (Å²) < 4.78 is 12.9. The molecule has 5 nitrogen and oxygen atoms in total. The van der Waals surface area contributed by atoms with Crippen LogP contribution in [0.3, 0.4) is 0 Å². The number of aromatic nitrogens is 2. The molecule has 0 bridgehead atoms. The molecule has 0 radical (unpaired) electrons. The fourth-order valence-corrected chi connectivity index (χ4v) is 3.79. The summed E-state index contributed by atoms with van der Waals surface area (Å²) in [6.07, 6.45) is 4.20. The second kappa shape index (κ2) is 8.48. The second-order valence-electron chi connectivity index (χ2n) is 7.12.